The number of hydrogen-bond acceptors (Lipinski definition) is 3. The van der Waals surface area contributed by atoms with Crippen LogP contribution in [-0.4, -0.2) is 30.3 Å². The molecule has 1 saturated heterocycles. The summed E-state index contributed by atoms with van der Waals surface area (Å²) >= 11 is 0. The topological polar surface area (TPSA) is 58.2 Å². The van der Waals surface area contributed by atoms with Gasteiger partial charge in [0.2, 0.25) is 5.91 Å². The number of amides is 1. The molecule has 1 amide bonds. The van der Waals surface area contributed by atoms with Crippen LogP contribution in [0.2, 0.25) is 0 Å². The van der Waals surface area contributed by atoms with Gasteiger partial charge < -0.3 is 10.6 Å². The summed E-state index contributed by atoms with van der Waals surface area (Å²) in [5.41, 5.74) is -0.815. The van der Waals surface area contributed by atoms with Crippen molar-refractivity contribution in [2.45, 2.75) is 44.9 Å². The zero-order chi connectivity index (χ0) is 17.9. The molecule has 3 atom stereocenters. The van der Waals surface area contributed by atoms with Gasteiger partial charge in [0.15, 0.2) is 5.78 Å². The molecule has 1 fully saturated rings. The van der Waals surface area contributed by atoms with Crippen molar-refractivity contribution in [1.82, 2.24) is 10.6 Å². The molecule has 7 heteroatoms. The molecule has 1 aromatic rings. The molecule has 1 heterocycles. The molecule has 1 aliphatic heterocycles. The lowest BCUT2D eigenvalue weighted by Gasteiger charge is -2.15. The predicted octanol–water partition coefficient (Wildman–Crippen LogP) is 2.78. The van der Waals surface area contributed by atoms with E-state index in [1.165, 1.54) is 12.1 Å². The van der Waals surface area contributed by atoms with Gasteiger partial charge in [-0.2, -0.15) is 13.2 Å². The summed E-state index contributed by atoms with van der Waals surface area (Å²) in [5, 5.41) is 5.81. The van der Waals surface area contributed by atoms with Crippen LogP contribution in [0.25, 0.3) is 0 Å². The number of halogens is 3. The largest absolute Gasteiger partial charge is 0.416 e. The summed E-state index contributed by atoms with van der Waals surface area (Å²) in [6.07, 6.45) is -3.40. The summed E-state index contributed by atoms with van der Waals surface area (Å²) in [6, 6.07) is 3.97. The predicted molar refractivity (Wildman–Crippen MR) is 83.6 cm³/mol. The Morgan fingerprint density at radius 3 is 2.71 bits per heavy atom. The van der Waals surface area contributed by atoms with Crippen molar-refractivity contribution in [3.8, 4) is 0 Å². The number of benzene rings is 1. The monoisotopic (exact) mass is 342 g/mol. The number of carbonyl (C=O) groups is 2. The number of rotatable bonds is 5. The van der Waals surface area contributed by atoms with Crippen molar-refractivity contribution >= 4 is 11.7 Å². The van der Waals surface area contributed by atoms with Crippen molar-refractivity contribution in [2.75, 3.05) is 6.54 Å². The van der Waals surface area contributed by atoms with Crippen LogP contribution >= 0.6 is 0 Å². The molecule has 0 bridgehead atoms. The second-order valence-electron chi connectivity index (χ2n) is 6.15. The molecule has 0 aliphatic carbocycles. The maximum atomic E-state index is 12.8. The van der Waals surface area contributed by atoms with Gasteiger partial charge in [-0.25, -0.2) is 0 Å². The third-order valence-corrected chi connectivity index (χ3v) is 4.29. The molecule has 1 aliphatic rings. The minimum Gasteiger partial charge on any atom is -0.352 e. The Morgan fingerprint density at radius 2 is 2.08 bits per heavy atom. The highest BCUT2D eigenvalue weighted by molar-refractivity contribution is 5.99. The lowest BCUT2D eigenvalue weighted by molar-refractivity contribution is -0.137. The molecule has 0 aromatic heterocycles. The van der Waals surface area contributed by atoms with E-state index in [4.69, 9.17) is 0 Å². The number of hydrogen-bond donors (Lipinski definition) is 2. The first-order chi connectivity index (χ1) is 11.2. The second kappa shape index (κ2) is 7.34. The molecule has 1 aromatic carbocycles. The van der Waals surface area contributed by atoms with E-state index in [1.807, 2.05) is 13.8 Å². The minimum absolute atomic E-state index is 0.0274. The van der Waals surface area contributed by atoms with Crippen LogP contribution in [0.5, 0.6) is 0 Å². The van der Waals surface area contributed by atoms with Crippen molar-refractivity contribution in [3.05, 3.63) is 35.4 Å². The van der Waals surface area contributed by atoms with E-state index in [0.717, 1.165) is 18.6 Å². The number of nitrogens with one attached hydrogen (secondary N) is 2. The average Bonchev–Trinajstić information content (AvgIpc) is 3.03. The maximum absolute atomic E-state index is 12.8. The lowest BCUT2D eigenvalue weighted by Crippen LogP contribution is -2.43. The molecule has 3 unspecified atom stereocenters. The summed E-state index contributed by atoms with van der Waals surface area (Å²) in [4.78, 5) is 24.5. The molecule has 0 radical (unpaired) electrons. The van der Waals surface area contributed by atoms with E-state index >= 15 is 0 Å². The fraction of sp³-hybridized carbons (Fsp3) is 0.529. The molecule has 132 valence electrons. The van der Waals surface area contributed by atoms with E-state index in [2.05, 4.69) is 10.6 Å². The Labute approximate surface area is 138 Å². The Kier molecular flexibility index (Phi) is 5.64. The van der Waals surface area contributed by atoms with Gasteiger partial charge in [-0.05, 0) is 31.9 Å². The Hall–Kier alpha value is -1.89. The van der Waals surface area contributed by atoms with Gasteiger partial charge >= 0.3 is 6.18 Å². The molecule has 2 N–H and O–H groups in total. The summed E-state index contributed by atoms with van der Waals surface area (Å²) in [6.45, 7) is 4.12. The fourth-order valence-corrected chi connectivity index (χ4v) is 2.67. The van der Waals surface area contributed by atoms with E-state index in [-0.39, 0.29) is 36.3 Å². The van der Waals surface area contributed by atoms with Crippen LogP contribution in [-0.2, 0) is 11.0 Å². The lowest BCUT2D eigenvalue weighted by atomic mass is 9.94. The zero-order valence-electron chi connectivity index (χ0n) is 13.6. The SMILES string of the molecule is CCC(C)NC(=O)C1CC(C(=O)c2cccc(C(F)(F)F)c2)CN1. The molecular weight excluding hydrogens is 321 g/mol. The second-order valence-corrected chi connectivity index (χ2v) is 6.15. The average molecular weight is 342 g/mol. The molecule has 2 rings (SSSR count). The Morgan fingerprint density at radius 1 is 1.38 bits per heavy atom. The van der Waals surface area contributed by atoms with E-state index in [1.54, 1.807) is 0 Å². The van der Waals surface area contributed by atoms with Crippen LogP contribution in [0.1, 0.15) is 42.6 Å². The first-order valence-electron chi connectivity index (χ1n) is 7.97. The maximum Gasteiger partial charge on any atom is 0.416 e. The Balaban J connectivity index is 2.03. The van der Waals surface area contributed by atoms with Crippen LogP contribution < -0.4 is 10.6 Å². The fourth-order valence-electron chi connectivity index (χ4n) is 2.67. The first kappa shape index (κ1) is 18.4. The minimum atomic E-state index is -4.48. The number of carbonyl (C=O) groups excluding carboxylic acids is 2. The summed E-state index contributed by atoms with van der Waals surface area (Å²) in [5.74, 6) is -1.04. The van der Waals surface area contributed by atoms with Gasteiger partial charge in [0.25, 0.3) is 0 Å². The third kappa shape index (κ3) is 4.35. The quantitative estimate of drug-likeness (QED) is 0.809. The highest BCUT2D eigenvalue weighted by Crippen LogP contribution is 2.30. The van der Waals surface area contributed by atoms with Crippen LogP contribution in [0, 0.1) is 5.92 Å². The molecule has 4 nitrogen and oxygen atoms in total. The third-order valence-electron chi connectivity index (χ3n) is 4.29. The van der Waals surface area contributed by atoms with Gasteiger partial charge in [0.05, 0.1) is 11.6 Å². The van der Waals surface area contributed by atoms with Gasteiger partial charge in [0.1, 0.15) is 0 Å². The van der Waals surface area contributed by atoms with Gasteiger partial charge in [-0.1, -0.05) is 19.1 Å². The zero-order valence-corrected chi connectivity index (χ0v) is 13.6. The van der Waals surface area contributed by atoms with E-state index in [0.29, 0.717) is 0 Å². The summed E-state index contributed by atoms with van der Waals surface area (Å²) in [7, 11) is 0. The van der Waals surface area contributed by atoms with Crippen molar-refractivity contribution in [1.29, 1.82) is 0 Å². The smallest absolute Gasteiger partial charge is 0.352 e. The van der Waals surface area contributed by atoms with Crippen LogP contribution in [0.3, 0.4) is 0 Å². The first-order valence-corrected chi connectivity index (χ1v) is 7.97. The standard InChI is InChI=1S/C17H21F3N2O2/c1-3-10(2)22-16(24)14-8-12(9-21-14)15(23)11-5-4-6-13(7-11)17(18,19)20/h4-7,10,12,14,21H,3,8-9H2,1-2H3,(H,22,24). The van der Waals surface area contributed by atoms with Crippen molar-refractivity contribution in [2.24, 2.45) is 5.92 Å². The van der Waals surface area contributed by atoms with E-state index in [9.17, 15) is 22.8 Å². The van der Waals surface area contributed by atoms with Crippen LogP contribution in [0.15, 0.2) is 24.3 Å². The molecule has 0 saturated carbocycles. The molecule has 0 spiro atoms. The van der Waals surface area contributed by atoms with Gasteiger partial charge in [-0.15, -0.1) is 0 Å². The Bertz CT molecular complexity index is 616. The van der Waals surface area contributed by atoms with Gasteiger partial charge in [-0.3, -0.25) is 9.59 Å². The highest BCUT2D eigenvalue weighted by atomic mass is 19.4. The van der Waals surface area contributed by atoms with Crippen molar-refractivity contribution in [3.63, 3.8) is 0 Å². The normalized spacial score (nSPS) is 22.2. The number of ketones is 1. The highest BCUT2D eigenvalue weighted by Gasteiger charge is 2.35. The molecular formula is C17H21F3N2O2. The van der Waals surface area contributed by atoms with E-state index < -0.39 is 23.7 Å². The summed E-state index contributed by atoms with van der Waals surface area (Å²) < 4.78 is 38.3. The number of Topliss-reactive ketones (excluding diaryl/α,β-unsaturated/α-hetero) is 1. The van der Waals surface area contributed by atoms with Crippen molar-refractivity contribution < 1.29 is 22.8 Å². The van der Waals surface area contributed by atoms with Gasteiger partial charge in [0, 0.05) is 24.1 Å². The molecule has 24 heavy (non-hydrogen) atoms. The number of alkyl halides is 3. The van der Waals surface area contributed by atoms with Crippen LogP contribution in [0.4, 0.5) is 13.2 Å².